The summed E-state index contributed by atoms with van der Waals surface area (Å²) >= 11 is 8.30. The van der Waals surface area contributed by atoms with Crippen LogP contribution in [0.3, 0.4) is 0 Å². The summed E-state index contributed by atoms with van der Waals surface area (Å²) in [5.74, 6) is 0. The van der Waals surface area contributed by atoms with Crippen LogP contribution >= 0.6 is 22.9 Å². The predicted molar refractivity (Wildman–Crippen MR) is 135 cm³/mol. The molecule has 6 heteroatoms. The maximum Gasteiger partial charge on any atom is 0.322 e. The number of aromatic nitrogens is 1. The number of urea groups is 1. The third kappa shape index (κ3) is 3.65. The lowest BCUT2D eigenvalue weighted by Crippen LogP contribution is -2.38. The number of nitrogens with one attached hydrogen (secondary N) is 1. The normalized spacial score (nSPS) is 17.0. The number of anilines is 1. The van der Waals surface area contributed by atoms with Crippen molar-refractivity contribution in [3.8, 4) is 5.00 Å². The molecule has 1 N–H and O–H groups in total. The van der Waals surface area contributed by atoms with Crippen LogP contribution in [0, 0.1) is 0 Å². The summed E-state index contributed by atoms with van der Waals surface area (Å²) < 4.78 is 2.29. The van der Waals surface area contributed by atoms with Crippen molar-refractivity contribution < 1.29 is 4.79 Å². The molecule has 0 spiro atoms. The number of carbonyl (C=O) groups is 1. The van der Waals surface area contributed by atoms with Crippen molar-refractivity contribution in [3.05, 3.63) is 105 Å². The van der Waals surface area contributed by atoms with Gasteiger partial charge in [-0.2, -0.15) is 0 Å². The van der Waals surface area contributed by atoms with Crippen molar-refractivity contribution >= 4 is 34.7 Å². The summed E-state index contributed by atoms with van der Waals surface area (Å²) in [5, 5.41) is 5.05. The molecule has 2 aromatic heterocycles. The number of hydrogen-bond acceptors (Lipinski definition) is 2. The molecule has 4 aromatic rings. The van der Waals surface area contributed by atoms with Gasteiger partial charge in [-0.3, -0.25) is 0 Å². The van der Waals surface area contributed by atoms with Gasteiger partial charge in [-0.05, 0) is 73.2 Å². The molecule has 2 aromatic carbocycles. The smallest absolute Gasteiger partial charge is 0.310 e. The standard InChI is InChI=1S/C27H24ClN3OS/c28-19-9-6-8-18(16-19)25-23-13-7-15-30(23)26-22(21-12-4-5-14-24(21)33-26)17-31(25)27(32)29-20-10-2-1-3-11-20/h1-3,6-11,13,15-16,25H,4-5,12,14,17H2,(H,29,32)/t25-/m0/s1. The largest absolute Gasteiger partial charge is 0.322 e. The van der Waals surface area contributed by atoms with Crippen molar-refractivity contribution in [2.24, 2.45) is 0 Å². The fourth-order valence-electron chi connectivity index (χ4n) is 5.13. The molecular weight excluding hydrogens is 450 g/mol. The molecule has 2 aliphatic rings. The first-order chi connectivity index (χ1) is 16.2. The molecule has 0 bridgehead atoms. The summed E-state index contributed by atoms with van der Waals surface area (Å²) in [6.07, 6.45) is 6.81. The Morgan fingerprint density at radius 3 is 2.67 bits per heavy atom. The monoisotopic (exact) mass is 473 g/mol. The zero-order chi connectivity index (χ0) is 22.4. The van der Waals surface area contributed by atoms with Gasteiger partial charge in [0.2, 0.25) is 0 Å². The van der Waals surface area contributed by atoms with Crippen LogP contribution in [0.5, 0.6) is 0 Å². The van der Waals surface area contributed by atoms with E-state index in [1.54, 1.807) is 0 Å². The van der Waals surface area contributed by atoms with Crippen molar-refractivity contribution in [2.75, 3.05) is 5.32 Å². The fourth-order valence-corrected chi connectivity index (χ4v) is 6.73. The summed E-state index contributed by atoms with van der Waals surface area (Å²) in [6.45, 7) is 0.568. The van der Waals surface area contributed by atoms with Gasteiger partial charge in [-0.25, -0.2) is 4.79 Å². The quantitative estimate of drug-likeness (QED) is 0.328. The lowest BCUT2D eigenvalue weighted by Gasteiger charge is -2.31. The number of para-hydroxylation sites is 1. The topological polar surface area (TPSA) is 37.3 Å². The second-order valence-electron chi connectivity index (χ2n) is 8.68. The SMILES string of the molecule is O=C(Nc1ccccc1)N1Cc2c(sc3c2CCCC3)-n2cccc2[C@@H]1c1cccc(Cl)c1. The van der Waals surface area contributed by atoms with Crippen LogP contribution in [0.1, 0.15) is 46.1 Å². The van der Waals surface area contributed by atoms with E-state index in [0.29, 0.717) is 11.6 Å². The van der Waals surface area contributed by atoms with Crippen LogP contribution in [0.15, 0.2) is 72.9 Å². The van der Waals surface area contributed by atoms with Gasteiger partial charge in [0.25, 0.3) is 0 Å². The number of benzene rings is 2. The Balaban J connectivity index is 1.51. The maximum atomic E-state index is 13.8. The highest BCUT2D eigenvalue weighted by atomic mass is 35.5. The van der Waals surface area contributed by atoms with Crippen LogP contribution < -0.4 is 5.32 Å². The zero-order valence-corrected chi connectivity index (χ0v) is 19.7. The van der Waals surface area contributed by atoms with Gasteiger partial charge in [0, 0.05) is 27.3 Å². The van der Waals surface area contributed by atoms with E-state index in [1.807, 2.05) is 64.8 Å². The number of carbonyl (C=O) groups excluding carboxylic acids is 1. The summed E-state index contributed by atoms with van der Waals surface area (Å²) in [7, 11) is 0. The Bertz CT molecular complexity index is 1330. The van der Waals surface area contributed by atoms with E-state index in [2.05, 4.69) is 34.3 Å². The molecule has 0 saturated carbocycles. The minimum Gasteiger partial charge on any atom is -0.310 e. The molecule has 0 saturated heterocycles. The number of rotatable bonds is 2. The highest BCUT2D eigenvalue weighted by Crippen LogP contribution is 2.44. The third-order valence-electron chi connectivity index (χ3n) is 6.63. The van der Waals surface area contributed by atoms with E-state index in [-0.39, 0.29) is 12.1 Å². The lowest BCUT2D eigenvalue weighted by atomic mass is 9.95. The number of thiophene rings is 1. The van der Waals surface area contributed by atoms with Crippen LogP contribution in [0.2, 0.25) is 5.02 Å². The average molecular weight is 474 g/mol. The minimum absolute atomic E-state index is 0.109. The van der Waals surface area contributed by atoms with E-state index >= 15 is 0 Å². The highest BCUT2D eigenvalue weighted by molar-refractivity contribution is 7.15. The molecule has 1 aliphatic carbocycles. The second kappa shape index (κ2) is 8.40. The van der Waals surface area contributed by atoms with Crippen LogP contribution in [-0.2, 0) is 19.4 Å². The zero-order valence-electron chi connectivity index (χ0n) is 18.1. The Kier molecular flexibility index (Phi) is 5.24. The van der Waals surface area contributed by atoms with Crippen molar-refractivity contribution in [2.45, 2.75) is 38.3 Å². The molecule has 3 heterocycles. The van der Waals surface area contributed by atoms with E-state index in [4.69, 9.17) is 11.6 Å². The van der Waals surface area contributed by atoms with E-state index in [1.165, 1.54) is 33.8 Å². The Morgan fingerprint density at radius 1 is 0.970 bits per heavy atom. The van der Waals surface area contributed by atoms with Gasteiger partial charge >= 0.3 is 6.03 Å². The molecule has 4 nitrogen and oxygen atoms in total. The fraction of sp³-hybridized carbons (Fsp3) is 0.222. The van der Waals surface area contributed by atoms with E-state index < -0.39 is 0 Å². The van der Waals surface area contributed by atoms with Gasteiger partial charge in [0.05, 0.1) is 18.3 Å². The molecule has 33 heavy (non-hydrogen) atoms. The van der Waals surface area contributed by atoms with E-state index in [9.17, 15) is 4.79 Å². The molecule has 2 amide bonds. The molecule has 166 valence electrons. The first kappa shape index (κ1) is 20.6. The molecular formula is C27H24ClN3OS. The first-order valence-electron chi connectivity index (χ1n) is 11.4. The number of nitrogens with zero attached hydrogens (tertiary/aromatic N) is 2. The van der Waals surface area contributed by atoms with Gasteiger partial charge in [-0.1, -0.05) is 41.9 Å². The predicted octanol–water partition coefficient (Wildman–Crippen LogP) is 7.21. The molecule has 1 atom stereocenters. The summed E-state index contributed by atoms with van der Waals surface area (Å²) in [4.78, 5) is 17.2. The van der Waals surface area contributed by atoms with Crippen LogP contribution in [0.25, 0.3) is 5.00 Å². The molecule has 0 fully saturated rings. The molecule has 0 radical (unpaired) electrons. The number of halogens is 1. The molecule has 0 unspecified atom stereocenters. The van der Waals surface area contributed by atoms with Gasteiger partial charge in [0.1, 0.15) is 5.00 Å². The number of hydrogen-bond donors (Lipinski definition) is 1. The maximum absolute atomic E-state index is 13.8. The van der Waals surface area contributed by atoms with Crippen LogP contribution in [0.4, 0.5) is 10.5 Å². The Morgan fingerprint density at radius 2 is 1.82 bits per heavy atom. The third-order valence-corrected chi connectivity index (χ3v) is 8.20. The molecule has 1 aliphatic heterocycles. The van der Waals surface area contributed by atoms with Crippen molar-refractivity contribution in [1.29, 1.82) is 0 Å². The summed E-state index contributed by atoms with van der Waals surface area (Å²) in [6, 6.07) is 21.4. The van der Waals surface area contributed by atoms with Gasteiger partial charge < -0.3 is 14.8 Å². The summed E-state index contributed by atoms with van der Waals surface area (Å²) in [5.41, 5.74) is 5.62. The number of fused-ring (bicyclic) bond motifs is 5. The first-order valence-corrected chi connectivity index (χ1v) is 12.6. The minimum atomic E-state index is -0.249. The molecule has 6 rings (SSSR count). The number of amides is 2. The Labute approximate surface area is 202 Å². The van der Waals surface area contributed by atoms with E-state index in [0.717, 1.165) is 29.8 Å². The Hall–Kier alpha value is -3.02. The second-order valence-corrected chi connectivity index (χ2v) is 10.2. The average Bonchev–Trinajstić information content (AvgIpc) is 3.41. The van der Waals surface area contributed by atoms with Gasteiger partial charge in [-0.15, -0.1) is 11.3 Å². The highest BCUT2D eigenvalue weighted by Gasteiger charge is 2.36. The van der Waals surface area contributed by atoms with Crippen LogP contribution in [-0.4, -0.2) is 15.5 Å². The van der Waals surface area contributed by atoms with Crippen molar-refractivity contribution in [1.82, 2.24) is 9.47 Å². The van der Waals surface area contributed by atoms with Crippen molar-refractivity contribution in [3.63, 3.8) is 0 Å². The lowest BCUT2D eigenvalue weighted by molar-refractivity contribution is 0.194. The number of aryl methyl sites for hydroxylation is 1. The van der Waals surface area contributed by atoms with Gasteiger partial charge in [0.15, 0.2) is 0 Å².